The molecule has 1 aromatic carbocycles. The van der Waals surface area contributed by atoms with Gasteiger partial charge < -0.3 is 4.74 Å². The maximum absolute atomic E-state index is 5.09. The van der Waals surface area contributed by atoms with Gasteiger partial charge in [-0.3, -0.25) is 0 Å². The average molecular weight is 227 g/mol. The van der Waals surface area contributed by atoms with Gasteiger partial charge in [-0.1, -0.05) is 34.7 Å². The highest BCUT2D eigenvalue weighted by molar-refractivity contribution is 9.08. The van der Waals surface area contributed by atoms with Gasteiger partial charge in [0.05, 0.1) is 7.11 Å². The normalized spacial score (nSPS) is 9.50. The van der Waals surface area contributed by atoms with Gasteiger partial charge >= 0.3 is 0 Å². The van der Waals surface area contributed by atoms with Crippen molar-refractivity contribution in [1.82, 2.24) is 0 Å². The lowest BCUT2D eigenvalue weighted by Crippen LogP contribution is -1.87. The van der Waals surface area contributed by atoms with Crippen LogP contribution in [0.5, 0.6) is 5.75 Å². The Balaban J connectivity index is 3.10. The van der Waals surface area contributed by atoms with Crippen molar-refractivity contribution in [2.75, 3.05) is 7.11 Å². The second kappa shape index (κ2) is 4.31. The summed E-state index contributed by atoms with van der Waals surface area (Å²) in [6.45, 7) is 3.74. The highest BCUT2D eigenvalue weighted by Crippen LogP contribution is 2.20. The van der Waals surface area contributed by atoms with Gasteiger partial charge in [0, 0.05) is 5.33 Å². The van der Waals surface area contributed by atoms with Gasteiger partial charge in [-0.05, 0) is 23.3 Å². The smallest absolute Gasteiger partial charge is 0.119 e. The van der Waals surface area contributed by atoms with E-state index in [9.17, 15) is 0 Å². The van der Waals surface area contributed by atoms with Gasteiger partial charge in [0.15, 0.2) is 0 Å². The molecule has 0 bridgehead atoms. The van der Waals surface area contributed by atoms with Crippen LogP contribution in [0.1, 0.15) is 11.1 Å². The second-order valence-electron chi connectivity index (χ2n) is 2.40. The molecule has 64 valence electrons. The van der Waals surface area contributed by atoms with Crippen LogP contribution in [-0.4, -0.2) is 7.11 Å². The molecular weight excluding hydrogens is 216 g/mol. The molecule has 0 amide bonds. The van der Waals surface area contributed by atoms with E-state index in [0.717, 1.165) is 16.6 Å². The predicted octanol–water partition coefficient (Wildman–Crippen LogP) is 3.23. The maximum Gasteiger partial charge on any atom is 0.119 e. The van der Waals surface area contributed by atoms with Crippen LogP contribution in [0, 0.1) is 0 Å². The first-order valence-corrected chi connectivity index (χ1v) is 4.79. The molecule has 0 aliphatic heterocycles. The Kier molecular flexibility index (Phi) is 3.35. The Bertz CT molecular complexity index is 281. The van der Waals surface area contributed by atoms with Crippen molar-refractivity contribution in [3.8, 4) is 5.75 Å². The van der Waals surface area contributed by atoms with E-state index in [1.54, 1.807) is 7.11 Å². The summed E-state index contributed by atoms with van der Waals surface area (Å²) in [6, 6.07) is 5.96. The Morgan fingerprint density at radius 3 is 2.83 bits per heavy atom. The van der Waals surface area contributed by atoms with E-state index in [4.69, 9.17) is 4.74 Å². The lowest BCUT2D eigenvalue weighted by Gasteiger charge is -2.04. The van der Waals surface area contributed by atoms with Crippen LogP contribution in [0.25, 0.3) is 6.08 Å². The summed E-state index contributed by atoms with van der Waals surface area (Å²) in [4.78, 5) is 0. The van der Waals surface area contributed by atoms with Crippen LogP contribution < -0.4 is 4.74 Å². The van der Waals surface area contributed by atoms with Crippen molar-refractivity contribution < 1.29 is 4.74 Å². The van der Waals surface area contributed by atoms with Gasteiger partial charge in [-0.15, -0.1) is 0 Å². The summed E-state index contributed by atoms with van der Waals surface area (Å²) in [5, 5.41) is 0.846. The van der Waals surface area contributed by atoms with E-state index in [0.29, 0.717) is 0 Å². The number of alkyl halides is 1. The molecule has 0 aliphatic rings. The zero-order chi connectivity index (χ0) is 8.97. The summed E-state index contributed by atoms with van der Waals surface area (Å²) < 4.78 is 5.09. The van der Waals surface area contributed by atoms with Crippen molar-refractivity contribution in [3.05, 3.63) is 35.9 Å². The number of benzene rings is 1. The molecule has 0 aromatic heterocycles. The number of ether oxygens (including phenoxy) is 1. The standard InChI is InChI=1S/C10H11BrO/c1-3-8-6-10(12-2)5-4-9(8)7-11/h3-6H,1,7H2,2H3. The minimum atomic E-state index is 0.846. The fourth-order valence-electron chi connectivity index (χ4n) is 1.01. The fraction of sp³-hybridized carbons (Fsp3) is 0.200. The molecule has 0 N–H and O–H groups in total. The first-order valence-electron chi connectivity index (χ1n) is 3.67. The number of halogens is 1. The van der Waals surface area contributed by atoms with E-state index in [1.807, 2.05) is 24.3 Å². The topological polar surface area (TPSA) is 9.23 Å². The third-order valence-electron chi connectivity index (χ3n) is 1.72. The molecule has 0 radical (unpaired) electrons. The van der Waals surface area contributed by atoms with Crippen molar-refractivity contribution in [3.63, 3.8) is 0 Å². The van der Waals surface area contributed by atoms with Crippen LogP contribution in [0.2, 0.25) is 0 Å². The molecule has 12 heavy (non-hydrogen) atoms. The molecule has 2 heteroatoms. The summed E-state index contributed by atoms with van der Waals surface area (Å²) in [7, 11) is 1.66. The Morgan fingerprint density at radius 1 is 1.58 bits per heavy atom. The van der Waals surface area contributed by atoms with Gasteiger partial charge in [0.2, 0.25) is 0 Å². The van der Waals surface area contributed by atoms with E-state index >= 15 is 0 Å². The quantitative estimate of drug-likeness (QED) is 0.720. The molecule has 0 fully saturated rings. The molecule has 0 unspecified atom stereocenters. The Morgan fingerprint density at radius 2 is 2.33 bits per heavy atom. The highest BCUT2D eigenvalue weighted by atomic mass is 79.9. The third kappa shape index (κ3) is 1.89. The van der Waals surface area contributed by atoms with E-state index in [-0.39, 0.29) is 0 Å². The molecule has 1 rings (SSSR count). The van der Waals surface area contributed by atoms with Crippen LogP contribution in [0.15, 0.2) is 24.8 Å². The van der Waals surface area contributed by atoms with Crippen molar-refractivity contribution >= 4 is 22.0 Å². The fourth-order valence-corrected chi connectivity index (χ4v) is 1.52. The lowest BCUT2D eigenvalue weighted by atomic mass is 10.1. The van der Waals surface area contributed by atoms with Crippen LogP contribution in [-0.2, 0) is 5.33 Å². The average Bonchev–Trinajstić information content (AvgIpc) is 2.16. The molecular formula is C10H11BrO. The summed E-state index contributed by atoms with van der Waals surface area (Å²) >= 11 is 3.41. The molecule has 0 saturated heterocycles. The highest BCUT2D eigenvalue weighted by Gasteiger charge is 1.98. The monoisotopic (exact) mass is 226 g/mol. The largest absolute Gasteiger partial charge is 0.497 e. The number of hydrogen-bond donors (Lipinski definition) is 0. The second-order valence-corrected chi connectivity index (χ2v) is 2.96. The lowest BCUT2D eigenvalue weighted by molar-refractivity contribution is 0.414. The van der Waals surface area contributed by atoms with Gasteiger partial charge in [-0.2, -0.15) is 0 Å². The first kappa shape index (κ1) is 9.33. The summed E-state index contributed by atoms with van der Waals surface area (Å²) in [6.07, 6.45) is 1.83. The van der Waals surface area contributed by atoms with E-state index < -0.39 is 0 Å². The molecule has 0 saturated carbocycles. The first-order chi connectivity index (χ1) is 5.81. The van der Waals surface area contributed by atoms with Gasteiger partial charge in [0.25, 0.3) is 0 Å². The van der Waals surface area contributed by atoms with Gasteiger partial charge in [-0.25, -0.2) is 0 Å². The molecule has 0 heterocycles. The van der Waals surface area contributed by atoms with Crippen LogP contribution in [0.4, 0.5) is 0 Å². The Hall–Kier alpha value is -0.760. The maximum atomic E-state index is 5.09. The van der Waals surface area contributed by atoms with E-state index in [1.165, 1.54) is 5.56 Å². The molecule has 1 aromatic rings. The number of rotatable bonds is 3. The zero-order valence-electron chi connectivity index (χ0n) is 7.01. The minimum absolute atomic E-state index is 0.846. The van der Waals surface area contributed by atoms with E-state index in [2.05, 4.69) is 22.5 Å². The van der Waals surface area contributed by atoms with Crippen LogP contribution >= 0.6 is 15.9 Å². The summed E-state index contributed by atoms with van der Waals surface area (Å²) in [5.41, 5.74) is 2.34. The van der Waals surface area contributed by atoms with Crippen LogP contribution in [0.3, 0.4) is 0 Å². The predicted molar refractivity (Wildman–Crippen MR) is 55.7 cm³/mol. The summed E-state index contributed by atoms with van der Waals surface area (Å²) in [5.74, 6) is 0.870. The molecule has 0 aliphatic carbocycles. The minimum Gasteiger partial charge on any atom is -0.497 e. The zero-order valence-corrected chi connectivity index (χ0v) is 8.60. The van der Waals surface area contributed by atoms with Crippen molar-refractivity contribution in [2.24, 2.45) is 0 Å². The molecule has 1 nitrogen and oxygen atoms in total. The van der Waals surface area contributed by atoms with Crippen molar-refractivity contribution in [1.29, 1.82) is 0 Å². The number of hydrogen-bond acceptors (Lipinski definition) is 1. The molecule has 0 atom stereocenters. The number of methoxy groups -OCH3 is 1. The SMILES string of the molecule is C=Cc1cc(OC)ccc1CBr. The molecule has 0 spiro atoms. The third-order valence-corrected chi connectivity index (χ3v) is 2.32. The van der Waals surface area contributed by atoms with Gasteiger partial charge in [0.1, 0.15) is 5.75 Å². The van der Waals surface area contributed by atoms with Crippen molar-refractivity contribution in [2.45, 2.75) is 5.33 Å². The Labute approximate surface area is 81.2 Å².